The summed E-state index contributed by atoms with van der Waals surface area (Å²) < 4.78 is 0. The van der Waals surface area contributed by atoms with Crippen molar-refractivity contribution < 1.29 is 0 Å². The van der Waals surface area contributed by atoms with E-state index in [-0.39, 0.29) is 49.8 Å². The predicted molar refractivity (Wildman–Crippen MR) is 100 cm³/mol. The second-order valence-corrected chi connectivity index (χ2v) is 12.9. The number of hydrogen-bond donors (Lipinski definition) is 0. The van der Waals surface area contributed by atoms with Crippen LogP contribution in [-0.4, -0.2) is 36.0 Å². The van der Waals surface area contributed by atoms with Gasteiger partial charge in [0.25, 0.3) is 0 Å². The fourth-order valence-corrected chi connectivity index (χ4v) is 4.07. The summed E-state index contributed by atoms with van der Waals surface area (Å²) in [5, 5.41) is 1.10. The minimum atomic E-state index is 0. The summed E-state index contributed by atoms with van der Waals surface area (Å²) in [4.78, 5) is 0. The van der Waals surface area contributed by atoms with Crippen LogP contribution in [0.2, 0.25) is 0 Å². The first-order chi connectivity index (χ1) is 6.55. The molecule has 0 bridgehead atoms. The highest BCUT2D eigenvalue weighted by atomic mass is 79.9. The molecule has 0 rings (SSSR count). The molecule has 0 aliphatic heterocycles. The zero-order valence-electron chi connectivity index (χ0n) is 12.8. The average Bonchev–Trinajstić information content (AvgIpc) is 2.00. The molecule has 2 atom stereocenters. The van der Waals surface area contributed by atoms with Gasteiger partial charge in [-0.3, -0.25) is 0 Å². The molecule has 0 aromatic rings. The van der Waals surface area contributed by atoms with Crippen molar-refractivity contribution in [3.8, 4) is 0 Å². The molecule has 0 aromatic heterocycles. The molecular formula is C13H32Br2P2. The maximum Gasteiger partial charge on any atom is -0.0182 e. The Hall–Kier alpha value is 1.82. The smallest absolute Gasteiger partial charge is 0.0182 e. The number of rotatable bonds is 4. The van der Waals surface area contributed by atoms with Gasteiger partial charge in [-0.1, -0.05) is 41.5 Å². The molecule has 17 heavy (non-hydrogen) atoms. The first kappa shape index (κ1) is 23.9. The van der Waals surface area contributed by atoms with E-state index in [1.807, 2.05) is 0 Å². The zero-order valence-corrected chi connectivity index (χ0v) is 18.0. The topological polar surface area (TPSA) is 0 Å². The third kappa shape index (κ3) is 11.4. The largest absolute Gasteiger partial charge is 0.114 e. The van der Waals surface area contributed by atoms with E-state index in [1.54, 1.807) is 0 Å². The summed E-state index contributed by atoms with van der Waals surface area (Å²) in [6.07, 6.45) is 4.36. The fraction of sp³-hybridized carbons (Fsp3) is 1.00. The lowest BCUT2D eigenvalue weighted by molar-refractivity contribution is 0.774. The van der Waals surface area contributed by atoms with Gasteiger partial charge in [0.2, 0.25) is 0 Å². The van der Waals surface area contributed by atoms with Gasteiger partial charge in [-0.15, -0.1) is 49.8 Å². The molecule has 108 valence electrons. The number of halogens is 2. The minimum absolute atomic E-state index is 0. The van der Waals surface area contributed by atoms with Crippen LogP contribution in [0.25, 0.3) is 0 Å². The van der Waals surface area contributed by atoms with E-state index >= 15 is 0 Å². The molecule has 0 spiro atoms. The molecular weight excluding hydrogens is 378 g/mol. The lowest BCUT2D eigenvalue weighted by Crippen LogP contribution is -2.15. The van der Waals surface area contributed by atoms with E-state index in [9.17, 15) is 0 Å². The van der Waals surface area contributed by atoms with Crippen molar-refractivity contribution in [2.45, 2.75) is 58.3 Å². The predicted octanol–water partition coefficient (Wildman–Crippen LogP) is 6.35. The van der Waals surface area contributed by atoms with Gasteiger partial charge < -0.3 is 0 Å². The van der Waals surface area contributed by atoms with Gasteiger partial charge in [-0.05, 0) is 42.4 Å². The maximum atomic E-state index is 2.46. The van der Waals surface area contributed by atoms with Crippen LogP contribution in [0.1, 0.15) is 48.0 Å². The first-order valence-corrected chi connectivity index (χ1v) is 9.92. The molecule has 0 aromatic carbocycles. The van der Waals surface area contributed by atoms with Crippen molar-refractivity contribution in [3.05, 3.63) is 0 Å². The number of hydrogen-bond acceptors (Lipinski definition) is 0. The molecule has 0 fully saturated rings. The Morgan fingerprint density at radius 1 is 0.647 bits per heavy atom. The lowest BCUT2D eigenvalue weighted by atomic mass is 10.3. The standard InChI is InChI=1S/C13H30P2.2BrH/c1-12(2,3)14(7)10-9-11-15(8)13(4,5)6;;/h9-11H2,1-8H3;2*1H. The molecule has 0 N–H and O–H groups in total. The summed E-state index contributed by atoms with van der Waals surface area (Å²) >= 11 is 0. The first-order valence-electron chi connectivity index (χ1n) is 5.97. The third-order valence-corrected chi connectivity index (χ3v) is 9.83. The third-order valence-electron chi connectivity index (χ3n) is 3.28. The van der Waals surface area contributed by atoms with Gasteiger partial charge in [0.15, 0.2) is 0 Å². The van der Waals surface area contributed by atoms with Crippen molar-refractivity contribution in [2.75, 3.05) is 25.7 Å². The quantitative estimate of drug-likeness (QED) is 0.474. The Morgan fingerprint density at radius 2 is 0.882 bits per heavy atom. The van der Waals surface area contributed by atoms with Crippen molar-refractivity contribution >= 4 is 49.8 Å². The molecule has 0 saturated heterocycles. The highest BCUT2D eigenvalue weighted by molar-refractivity contribution is 8.93. The molecule has 0 aliphatic carbocycles. The van der Waals surface area contributed by atoms with Crippen LogP contribution in [0.5, 0.6) is 0 Å². The Bertz CT molecular complexity index is 163. The van der Waals surface area contributed by atoms with E-state index in [0.29, 0.717) is 10.3 Å². The van der Waals surface area contributed by atoms with Crippen molar-refractivity contribution in [1.29, 1.82) is 0 Å². The van der Waals surface area contributed by atoms with E-state index < -0.39 is 0 Å². The minimum Gasteiger partial charge on any atom is -0.114 e. The lowest BCUT2D eigenvalue weighted by Gasteiger charge is -2.31. The van der Waals surface area contributed by atoms with E-state index in [1.165, 1.54) is 18.7 Å². The Labute approximate surface area is 133 Å². The van der Waals surface area contributed by atoms with E-state index in [0.717, 1.165) is 0 Å². The monoisotopic (exact) mass is 408 g/mol. The fourth-order valence-electron chi connectivity index (χ4n) is 1.22. The van der Waals surface area contributed by atoms with Gasteiger partial charge in [0.1, 0.15) is 0 Å². The zero-order chi connectivity index (χ0) is 12.3. The van der Waals surface area contributed by atoms with Crippen LogP contribution < -0.4 is 0 Å². The Balaban J connectivity index is -0.000000980. The molecule has 2 unspecified atom stereocenters. The van der Waals surface area contributed by atoms with Crippen LogP contribution in [-0.2, 0) is 0 Å². The van der Waals surface area contributed by atoms with Crippen LogP contribution in [0.4, 0.5) is 0 Å². The second kappa shape index (κ2) is 9.68. The van der Waals surface area contributed by atoms with Crippen LogP contribution >= 0.6 is 49.8 Å². The van der Waals surface area contributed by atoms with Gasteiger partial charge in [0.05, 0.1) is 0 Å². The highest BCUT2D eigenvalue weighted by Gasteiger charge is 2.21. The van der Waals surface area contributed by atoms with Gasteiger partial charge in [0, 0.05) is 0 Å². The summed E-state index contributed by atoms with van der Waals surface area (Å²) in [5.41, 5.74) is 0. The van der Waals surface area contributed by atoms with Crippen LogP contribution in [0.15, 0.2) is 0 Å². The molecule has 0 amide bonds. The summed E-state index contributed by atoms with van der Waals surface area (Å²) in [7, 11) is 0.444. The molecule has 0 radical (unpaired) electrons. The molecule has 0 saturated carbocycles. The van der Waals surface area contributed by atoms with Gasteiger partial charge in [-0.25, -0.2) is 0 Å². The molecule has 0 aliphatic rings. The van der Waals surface area contributed by atoms with Crippen LogP contribution in [0.3, 0.4) is 0 Å². The normalized spacial score (nSPS) is 15.5. The van der Waals surface area contributed by atoms with Crippen molar-refractivity contribution in [3.63, 3.8) is 0 Å². The Morgan fingerprint density at radius 3 is 1.06 bits per heavy atom. The summed E-state index contributed by atoms with van der Waals surface area (Å²) in [6, 6.07) is 0. The molecule has 0 heterocycles. The SMILES string of the molecule is Br.Br.CP(CCCP(C)C(C)(C)C)C(C)(C)C. The summed E-state index contributed by atoms with van der Waals surface area (Å²) in [6.45, 7) is 19.2. The second-order valence-electron chi connectivity index (χ2n) is 6.54. The molecule has 4 heteroatoms. The average molecular weight is 410 g/mol. The van der Waals surface area contributed by atoms with E-state index in [2.05, 4.69) is 54.9 Å². The van der Waals surface area contributed by atoms with Gasteiger partial charge >= 0.3 is 0 Å². The van der Waals surface area contributed by atoms with Crippen LogP contribution in [0, 0.1) is 0 Å². The van der Waals surface area contributed by atoms with Gasteiger partial charge in [-0.2, -0.15) is 0 Å². The summed E-state index contributed by atoms with van der Waals surface area (Å²) in [5.74, 6) is 0. The highest BCUT2D eigenvalue weighted by Crippen LogP contribution is 2.50. The molecule has 0 nitrogen and oxygen atoms in total. The van der Waals surface area contributed by atoms with E-state index in [4.69, 9.17) is 0 Å². The van der Waals surface area contributed by atoms with Crippen molar-refractivity contribution in [2.24, 2.45) is 0 Å². The maximum absolute atomic E-state index is 2.46. The Kier molecular flexibility index (Phi) is 13.6. The van der Waals surface area contributed by atoms with Crippen molar-refractivity contribution in [1.82, 2.24) is 0 Å².